The van der Waals surface area contributed by atoms with Crippen molar-refractivity contribution >= 4 is 16.7 Å². The number of hydrogen-bond donors (Lipinski definition) is 1. The first-order chi connectivity index (χ1) is 7.68. The van der Waals surface area contributed by atoms with Crippen LogP contribution >= 0.6 is 0 Å². The third kappa shape index (κ3) is 2.03. The van der Waals surface area contributed by atoms with Gasteiger partial charge in [-0.05, 0) is 17.4 Å². The maximum Gasteiger partial charge on any atom is 0.306 e. The summed E-state index contributed by atoms with van der Waals surface area (Å²) < 4.78 is 0. The summed E-state index contributed by atoms with van der Waals surface area (Å²) in [6.07, 6.45) is 4.07. The van der Waals surface area contributed by atoms with Crippen LogP contribution in [0.4, 0.5) is 0 Å². The average molecular weight is 215 g/mol. The number of aliphatic carboxylic acids is 1. The highest BCUT2D eigenvalue weighted by Crippen LogP contribution is 2.19. The van der Waals surface area contributed by atoms with Crippen LogP contribution < -0.4 is 0 Å². The smallest absolute Gasteiger partial charge is 0.306 e. The lowest BCUT2D eigenvalue weighted by molar-refractivity contribution is -0.141. The van der Waals surface area contributed by atoms with E-state index in [9.17, 15) is 4.79 Å². The van der Waals surface area contributed by atoms with Gasteiger partial charge in [-0.3, -0.25) is 9.78 Å². The molecule has 1 heterocycles. The molecule has 0 spiro atoms. The number of pyridine rings is 1. The van der Waals surface area contributed by atoms with E-state index < -0.39 is 5.97 Å². The molecule has 1 N–H and O–H groups in total. The largest absolute Gasteiger partial charge is 0.481 e. The molecule has 3 heteroatoms. The molecule has 0 amide bonds. The van der Waals surface area contributed by atoms with Crippen LogP contribution in [-0.4, -0.2) is 16.1 Å². The van der Waals surface area contributed by atoms with Gasteiger partial charge in [-0.1, -0.05) is 31.2 Å². The number of nitrogens with zero attached hydrogens (tertiary/aromatic N) is 1. The number of carbonyl (C=O) groups is 1. The second-order valence-corrected chi connectivity index (χ2v) is 3.96. The topological polar surface area (TPSA) is 50.2 Å². The summed E-state index contributed by atoms with van der Waals surface area (Å²) in [5.74, 6) is -1.15. The molecule has 0 aliphatic carbocycles. The SMILES string of the molecule is C[C@H](Cc1cncc2ccccc12)C(=O)O. The molecule has 3 nitrogen and oxygen atoms in total. The summed E-state index contributed by atoms with van der Waals surface area (Å²) in [4.78, 5) is 15.0. The van der Waals surface area contributed by atoms with Gasteiger partial charge in [0.15, 0.2) is 0 Å². The molecule has 0 unspecified atom stereocenters. The van der Waals surface area contributed by atoms with Crippen molar-refractivity contribution in [3.63, 3.8) is 0 Å². The van der Waals surface area contributed by atoms with E-state index >= 15 is 0 Å². The van der Waals surface area contributed by atoms with Gasteiger partial charge in [0.05, 0.1) is 5.92 Å². The van der Waals surface area contributed by atoms with Crippen LogP contribution in [0.1, 0.15) is 12.5 Å². The van der Waals surface area contributed by atoms with Gasteiger partial charge in [-0.25, -0.2) is 0 Å². The maximum absolute atomic E-state index is 10.8. The number of fused-ring (bicyclic) bond motifs is 1. The maximum atomic E-state index is 10.8. The van der Waals surface area contributed by atoms with Crippen molar-refractivity contribution in [2.45, 2.75) is 13.3 Å². The standard InChI is InChI=1S/C13H13NO2/c1-9(13(15)16)6-11-8-14-7-10-4-2-3-5-12(10)11/h2-5,7-9H,6H2,1H3,(H,15,16)/t9-/m1/s1. The molecule has 0 saturated heterocycles. The predicted molar refractivity (Wildman–Crippen MR) is 62.2 cm³/mol. The lowest BCUT2D eigenvalue weighted by Gasteiger charge is -2.08. The number of carboxylic acids is 1. The highest BCUT2D eigenvalue weighted by molar-refractivity contribution is 5.85. The molecule has 1 atom stereocenters. The molecule has 82 valence electrons. The fraction of sp³-hybridized carbons (Fsp3) is 0.231. The summed E-state index contributed by atoms with van der Waals surface area (Å²) in [7, 11) is 0. The summed E-state index contributed by atoms with van der Waals surface area (Å²) >= 11 is 0. The van der Waals surface area contributed by atoms with Gasteiger partial charge in [0, 0.05) is 17.8 Å². The number of benzene rings is 1. The minimum atomic E-state index is -0.770. The van der Waals surface area contributed by atoms with E-state index in [1.807, 2.05) is 24.3 Å². The van der Waals surface area contributed by atoms with Crippen LogP contribution in [0.3, 0.4) is 0 Å². The van der Waals surface area contributed by atoms with E-state index in [4.69, 9.17) is 5.11 Å². The van der Waals surface area contributed by atoms with Gasteiger partial charge >= 0.3 is 5.97 Å². The van der Waals surface area contributed by atoms with E-state index in [0.717, 1.165) is 16.3 Å². The molecule has 2 rings (SSSR count). The summed E-state index contributed by atoms with van der Waals surface area (Å²) in [5, 5.41) is 11.0. The van der Waals surface area contributed by atoms with Gasteiger partial charge in [-0.2, -0.15) is 0 Å². The monoisotopic (exact) mass is 215 g/mol. The zero-order valence-corrected chi connectivity index (χ0v) is 9.05. The van der Waals surface area contributed by atoms with Crippen molar-refractivity contribution in [2.24, 2.45) is 5.92 Å². The molecule has 0 aliphatic rings. The first-order valence-electron chi connectivity index (χ1n) is 5.23. The fourth-order valence-corrected chi connectivity index (χ4v) is 1.76. The Morgan fingerprint density at radius 1 is 1.38 bits per heavy atom. The van der Waals surface area contributed by atoms with Gasteiger partial charge in [0.25, 0.3) is 0 Å². The van der Waals surface area contributed by atoms with Crippen LogP contribution in [0, 0.1) is 5.92 Å². The lowest BCUT2D eigenvalue weighted by Crippen LogP contribution is -2.12. The van der Waals surface area contributed by atoms with Crippen LogP contribution in [0.2, 0.25) is 0 Å². The zero-order chi connectivity index (χ0) is 11.5. The van der Waals surface area contributed by atoms with E-state index in [0.29, 0.717) is 6.42 Å². The first kappa shape index (κ1) is 10.6. The van der Waals surface area contributed by atoms with Gasteiger partial charge in [0.2, 0.25) is 0 Å². The Morgan fingerprint density at radius 3 is 2.88 bits per heavy atom. The minimum Gasteiger partial charge on any atom is -0.481 e. The number of rotatable bonds is 3. The van der Waals surface area contributed by atoms with E-state index in [-0.39, 0.29) is 5.92 Å². The van der Waals surface area contributed by atoms with E-state index in [1.165, 1.54) is 0 Å². The third-order valence-electron chi connectivity index (χ3n) is 2.70. The molecule has 1 aromatic heterocycles. The number of carboxylic acid groups (broad SMARTS) is 1. The Hall–Kier alpha value is -1.90. The number of hydrogen-bond acceptors (Lipinski definition) is 2. The Morgan fingerprint density at radius 2 is 2.12 bits per heavy atom. The van der Waals surface area contributed by atoms with Crippen LogP contribution in [0.5, 0.6) is 0 Å². The average Bonchev–Trinajstić information content (AvgIpc) is 2.29. The minimum absolute atomic E-state index is 0.382. The molecule has 0 fully saturated rings. The zero-order valence-electron chi connectivity index (χ0n) is 9.05. The van der Waals surface area contributed by atoms with E-state index in [2.05, 4.69) is 4.98 Å². The van der Waals surface area contributed by atoms with Crippen LogP contribution in [0.25, 0.3) is 10.8 Å². The van der Waals surface area contributed by atoms with Crippen molar-refractivity contribution in [3.8, 4) is 0 Å². The van der Waals surface area contributed by atoms with Crippen molar-refractivity contribution < 1.29 is 9.90 Å². The molecule has 0 aliphatic heterocycles. The Bertz CT molecular complexity index is 517. The summed E-state index contributed by atoms with van der Waals surface area (Å²) in [6, 6.07) is 7.89. The van der Waals surface area contributed by atoms with Crippen molar-refractivity contribution in [1.29, 1.82) is 0 Å². The Kier molecular flexibility index (Phi) is 2.86. The van der Waals surface area contributed by atoms with E-state index in [1.54, 1.807) is 19.3 Å². The molecular formula is C13H13NO2. The van der Waals surface area contributed by atoms with Gasteiger partial charge < -0.3 is 5.11 Å². The molecule has 1 aromatic carbocycles. The van der Waals surface area contributed by atoms with Crippen LogP contribution in [0.15, 0.2) is 36.7 Å². The Balaban J connectivity index is 2.41. The fourth-order valence-electron chi connectivity index (χ4n) is 1.76. The highest BCUT2D eigenvalue weighted by Gasteiger charge is 2.13. The molecule has 0 bridgehead atoms. The summed E-state index contributed by atoms with van der Waals surface area (Å²) in [6.45, 7) is 1.71. The molecule has 0 saturated carbocycles. The summed E-state index contributed by atoms with van der Waals surface area (Å²) in [5.41, 5.74) is 0.994. The second kappa shape index (κ2) is 4.31. The lowest BCUT2D eigenvalue weighted by atomic mass is 9.98. The van der Waals surface area contributed by atoms with Crippen molar-refractivity contribution in [3.05, 3.63) is 42.2 Å². The van der Waals surface area contributed by atoms with Gasteiger partial charge in [-0.15, -0.1) is 0 Å². The van der Waals surface area contributed by atoms with Crippen molar-refractivity contribution in [1.82, 2.24) is 4.98 Å². The third-order valence-corrected chi connectivity index (χ3v) is 2.70. The predicted octanol–water partition coefficient (Wildman–Crippen LogP) is 2.50. The normalized spacial score (nSPS) is 12.6. The molecule has 0 radical (unpaired) electrons. The second-order valence-electron chi connectivity index (χ2n) is 3.96. The molecule has 16 heavy (non-hydrogen) atoms. The molecular weight excluding hydrogens is 202 g/mol. The highest BCUT2D eigenvalue weighted by atomic mass is 16.4. The quantitative estimate of drug-likeness (QED) is 0.855. The first-order valence-corrected chi connectivity index (χ1v) is 5.23. The van der Waals surface area contributed by atoms with Crippen LogP contribution in [-0.2, 0) is 11.2 Å². The van der Waals surface area contributed by atoms with Crippen molar-refractivity contribution in [2.75, 3.05) is 0 Å². The molecule has 2 aromatic rings. The van der Waals surface area contributed by atoms with Gasteiger partial charge in [0.1, 0.15) is 0 Å². The Labute approximate surface area is 93.7 Å². The number of aromatic nitrogens is 1.